The topological polar surface area (TPSA) is 49.3 Å². The fourth-order valence-corrected chi connectivity index (χ4v) is 3.20. The van der Waals surface area contributed by atoms with Crippen LogP contribution < -0.4 is 5.32 Å². The SMILES string of the molecule is O=C(O)C1CNC2Cc3ccccc3CC2C1. The Labute approximate surface area is 101 Å². The number of carboxylic acid groups (broad SMARTS) is 1. The molecule has 3 atom stereocenters. The molecule has 1 aromatic rings. The maximum absolute atomic E-state index is 11.0. The van der Waals surface area contributed by atoms with Crippen molar-refractivity contribution >= 4 is 5.97 Å². The standard InChI is InChI=1S/C14H17NO2/c16-14(17)12-6-11-5-9-3-1-2-4-10(9)7-13(11)15-8-12/h1-4,11-13,15H,5-8H2,(H,16,17). The van der Waals surface area contributed by atoms with Crippen molar-refractivity contribution in [3.8, 4) is 0 Å². The summed E-state index contributed by atoms with van der Waals surface area (Å²) in [6, 6.07) is 9.00. The summed E-state index contributed by atoms with van der Waals surface area (Å²) in [4.78, 5) is 11.0. The Hall–Kier alpha value is -1.35. The number of aliphatic carboxylic acids is 1. The first kappa shape index (κ1) is 10.8. The Bertz CT molecular complexity index is 444. The minimum atomic E-state index is -0.658. The summed E-state index contributed by atoms with van der Waals surface area (Å²) in [6.45, 7) is 0.624. The monoisotopic (exact) mass is 231 g/mol. The van der Waals surface area contributed by atoms with Gasteiger partial charge in [0, 0.05) is 12.6 Å². The van der Waals surface area contributed by atoms with Crippen LogP contribution in [0, 0.1) is 11.8 Å². The Kier molecular flexibility index (Phi) is 2.63. The van der Waals surface area contributed by atoms with E-state index in [0.717, 1.165) is 19.3 Å². The van der Waals surface area contributed by atoms with Crippen molar-refractivity contribution in [3.05, 3.63) is 35.4 Å². The fourth-order valence-electron chi connectivity index (χ4n) is 3.20. The fraction of sp³-hybridized carbons (Fsp3) is 0.500. The second-order valence-corrected chi connectivity index (χ2v) is 5.22. The molecule has 90 valence electrons. The van der Waals surface area contributed by atoms with Crippen molar-refractivity contribution in [2.45, 2.75) is 25.3 Å². The summed E-state index contributed by atoms with van der Waals surface area (Å²) in [5.41, 5.74) is 2.83. The first-order valence-corrected chi connectivity index (χ1v) is 6.27. The third kappa shape index (κ3) is 1.95. The van der Waals surface area contributed by atoms with Gasteiger partial charge in [-0.3, -0.25) is 4.79 Å². The molecule has 0 aromatic heterocycles. The maximum Gasteiger partial charge on any atom is 0.307 e. The number of carbonyl (C=O) groups is 1. The van der Waals surface area contributed by atoms with Crippen molar-refractivity contribution in [2.24, 2.45) is 11.8 Å². The number of hydrogen-bond donors (Lipinski definition) is 2. The van der Waals surface area contributed by atoms with Crippen LogP contribution in [0.3, 0.4) is 0 Å². The zero-order valence-corrected chi connectivity index (χ0v) is 9.73. The predicted octanol–water partition coefficient (Wildman–Crippen LogP) is 1.46. The van der Waals surface area contributed by atoms with Crippen molar-refractivity contribution in [1.82, 2.24) is 5.32 Å². The highest BCUT2D eigenvalue weighted by Crippen LogP contribution is 2.32. The van der Waals surface area contributed by atoms with E-state index in [0.29, 0.717) is 18.5 Å². The van der Waals surface area contributed by atoms with E-state index in [1.165, 1.54) is 11.1 Å². The molecule has 1 saturated heterocycles. The molecule has 2 N–H and O–H groups in total. The van der Waals surface area contributed by atoms with E-state index in [-0.39, 0.29) is 5.92 Å². The molecule has 1 aliphatic carbocycles. The Morgan fingerprint density at radius 2 is 1.94 bits per heavy atom. The summed E-state index contributed by atoms with van der Waals surface area (Å²) < 4.78 is 0. The van der Waals surface area contributed by atoms with Gasteiger partial charge in [0.2, 0.25) is 0 Å². The second kappa shape index (κ2) is 4.15. The summed E-state index contributed by atoms with van der Waals surface area (Å²) >= 11 is 0. The van der Waals surface area contributed by atoms with Crippen LogP contribution in [0.25, 0.3) is 0 Å². The van der Waals surface area contributed by atoms with E-state index < -0.39 is 5.97 Å². The van der Waals surface area contributed by atoms with E-state index in [9.17, 15) is 4.79 Å². The van der Waals surface area contributed by atoms with Crippen LogP contribution in [0.15, 0.2) is 24.3 Å². The molecule has 0 amide bonds. The molecular formula is C14H17NO2. The molecule has 2 aliphatic rings. The quantitative estimate of drug-likeness (QED) is 0.769. The Morgan fingerprint density at radius 3 is 2.65 bits per heavy atom. The van der Waals surface area contributed by atoms with Gasteiger partial charge in [0.25, 0.3) is 0 Å². The first-order chi connectivity index (χ1) is 8.24. The highest BCUT2D eigenvalue weighted by atomic mass is 16.4. The van der Waals surface area contributed by atoms with Gasteiger partial charge in [-0.2, -0.15) is 0 Å². The van der Waals surface area contributed by atoms with Gasteiger partial charge in [-0.1, -0.05) is 24.3 Å². The number of piperidine rings is 1. The molecular weight excluding hydrogens is 214 g/mol. The smallest absolute Gasteiger partial charge is 0.307 e. The Balaban J connectivity index is 1.81. The minimum Gasteiger partial charge on any atom is -0.481 e. The van der Waals surface area contributed by atoms with Gasteiger partial charge in [0.15, 0.2) is 0 Å². The van der Waals surface area contributed by atoms with Crippen LogP contribution in [0.1, 0.15) is 17.5 Å². The zero-order chi connectivity index (χ0) is 11.8. The number of benzene rings is 1. The van der Waals surface area contributed by atoms with Crippen LogP contribution in [0.4, 0.5) is 0 Å². The summed E-state index contributed by atoms with van der Waals surface area (Å²) in [5, 5.41) is 12.5. The van der Waals surface area contributed by atoms with Gasteiger partial charge in [-0.05, 0) is 36.3 Å². The lowest BCUT2D eigenvalue weighted by atomic mass is 9.73. The van der Waals surface area contributed by atoms with Crippen molar-refractivity contribution in [2.75, 3.05) is 6.54 Å². The zero-order valence-electron chi connectivity index (χ0n) is 9.73. The van der Waals surface area contributed by atoms with Gasteiger partial charge in [0.1, 0.15) is 0 Å². The normalized spacial score (nSPS) is 31.4. The molecule has 0 spiro atoms. The van der Waals surface area contributed by atoms with Gasteiger partial charge in [-0.25, -0.2) is 0 Å². The highest BCUT2D eigenvalue weighted by molar-refractivity contribution is 5.70. The maximum atomic E-state index is 11.0. The number of rotatable bonds is 1. The van der Waals surface area contributed by atoms with E-state index in [1.807, 2.05) is 0 Å². The molecule has 1 heterocycles. The second-order valence-electron chi connectivity index (χ2n) is 5.22. The number of fused-ring (bicyclic) bond motifs is 2. The van der Waals surface area contributed by atoms with Gasteiger partial charge in [0.05, 0.1) is 5.92 Å². The van der Waals surface area contributed by atoms with Crippen molar-refractivity contribution in [3.63, 3.8) is 0 Å². The molecule has 1 fully saturated rings. The summed E-state index contributed by atoms with van der Waals surface area (Å²) in [7, 11) is 0. The largest absolute Gasteiger partial charge is 0.481 e. The molecule has 3 rings (SSSR count). The molecule has 1 aliphatic heterocycles. The van der Waals surface area contributed by atoms with Crippen molar-refractivity contribution < 1.29 is 9.90 Å². The minimum absolute atomic E-state index is 0.207. The van der Waals surface area contributed by atoms with Crippen LogP contribution in [-0.4, -0.2) is 23.7 Å². The van der Waals surface area contributed by atoms with Crippen LogP contribution in [0.2, 0.25) is 0 Å². The number of hydrogen-bond acceptors (Lipinski definition) is 2. The highest BCUT2D eigenvalue weighted by Gasteiger charge is 2.36. The molecule has 17 heavy (non-hydrogen) atoms. The third-order valence-corrected chi connectivity index (χ3v) is 4.17. The predicted molar refractivity (Wildman–Crippen MR) is 64.9 cm³/mol. The molecule has 3 nitrogen and oxygen atoms in total. The molecule has 3 unspecified atom stereocenters. The average molecular weight is 231 g/mol. The Morgan fingerprint density at radius 1 is 1.24 bits per heavy atom. The van der Waals surface area contributed by atoms with E-state index in [1.54, 1.807) is 0 Å². The lowest BCUT2D eigenvalue weighted by Crippen LogP contribution is -2.50. The number of nitrogens with one attached hydrogen (secondary N) is 1. The van der Waals surface area contributed by atoms with Gasteiger partial charge in [-0.15, -0.1) is 0 Å². The van der Waals surface area contributed by atoms with Crippen molar-refractivity contribution in [1.29, 1.82) is 0 Å². The molecule has 1 aromatic carbocycles. The molecule has 0 radical (unpaired) electrons. The summed E-state index contributed by atoms with van der Waals surface area (Å²) in [5.74, 6) is -0.379. The summed E-state index contributed by atoms with van der Waals surface area (Å²) in [6.07, 6.45) is 2.89. The molecule has 0 bridgehead atoms. The van der Waals surface area contributed by atoms with Crippen LogP contribution in [0.5, 0.6) is 0 Å². The molecule has 3 heteroatoms. The number of carboxylic acids is 1. The molecule has 0 saturated carbocycles. The van der Waals surface area contributed by atoms with Gasteiger partial charge < -0.3 is 10.4 Å². The van der Waals surface area contributed by atoms with Crippen LogP contribution in [-0.2, 0) is 17.6 Å². The first-order valence-electron chi connectivity index (χ1n) is 6.27. The average Bonchev–Trinajstić information content (AvgIpc) is 2.35. The van der Waals surface area contributed by atoms with Gasteiger partial charge >= 0.3 is 5.97 Å². The third-order valence-electron chi connectivity index (χ3n) is 4.17. The lowest BCUT2D eigenvalue weighted by molar-refractivity contribution is -0.143. The van der Waals surface area contributed by atoms with Crippen LogP contribution >= 0.6 is 0 Å². The van der Waals surface area contributed by atoms with E-state index in [2.05, 4.69) is 29.6 Å². The lowest BCUT2D eigenvalue weighted by Gasteiger charge is -2.39. The van der Waals surface area contributed by atoms with E-state index >= 15 is 0 Å². The van der Waals surface area contributed by atoms with E-state index in [4.69, 9.17) is 5.11 Å².